The molecular formula is C30H36BrN5O3Si. The van der Waals surface area contributed by atoms with Gasteiger partial charge in [0.2, 0.25) is 0 Å². The normalized spacial score (nSPS) is 19.6. The monoisotopic (exact) mass is 621 g/mol. The van der Waals surface area contributed by atoms with E-state index < -0.39 is 8.32 Å². The summed E-state index contributed by atoms with van der Waals surface area (Å²) in [5.74, 6) is 1.56. The molecule has 3 aromatic heterocycles. The van der Waals surface area contributed by atoms with E-state index in [0.717, 1.165) is 52.6 Å². The van der Waals surface area contributed by atoms with Crippen molar-refractivity contribution in [2.75, 3.05) is 11.4 Å². The molecule has 1 saturated carbocycles. The standard InChI is InChI=1S/C30H36BrN5O3Si/c1-17-12-23-22(14-21(17)29(38)35-11-10-18-13-19(31)15-32-26(18)35)34-28(37)24-16-33-27(36(23)24)20-8-7-9-25(20)39-40(5,6)30(2,3)4/h12-16,20,25H,7-11H2,1-6H3,(H,34,37). The number of fused-ring (bicyclic) bond motifs is 4. The van der Waals surface area contributed by atoms with Crippen molar-refractivity contribution in [1.29, 1.82) is 0 Å². The second kappa shape index (κ2) is 9.63. The van der Waals surface area contributed by atoms with Gasteiger partial charge >= 0.3 is 0 Å². The highest BCUT2D eigenvalue weighted by molar-refractivity contribution is 9.10. The molecule has 10 heteroatoms. The number of rotatable bonds is 4. The van der Waals surface area contributed by atoms with Crippen LogP contribution in [0.3, 0.4) is 0 Å². The van der Waals surface area contributed by atoms with E-state index in [1.54, 1.807) is 17.3 Å². The molecule has 0 bridgehead atoms. The number of benzene rings is 1. The molecule has 2 unspecified atom stereocenters. The molecule has 0 saturated heterocycles. The van der Waals surface area contributed by atoms with Gasteiger partial charge in [-0.2, -0.15) is 0 Å². The SMILES string of the molecule is Cc1cc2c(cc1C(=O)N1CCc3cc(Br)cnc31)[nH]c(=O)c1cnc(C3CCCC3O[Si](C)(C)C(C)(C)C)n12. The number of halogens is 1. The number of nitrogens with zero attached hydrogens (tertiary/aromatic N) is 4. The van der Waals surface area contributed by atoms with Crippen molar-refractivity contribution in [3.8, 4) is 0 Å². The third kappa shape index (κ3) is 4.44. The van der Waals surface area contributed by atoms with Crippen molar-refractivity contribution >= 4 is 52.5 Å². The molecule has 6 rings (SSSR count). The Morgan fingerprint density at radius 2 is 1.90 bits per heavy atom. The number of hydrogen-bond donors (Lipinski definition) is 1. The maximum Gasteiger partial charge on any atom is 0.274 e. The van der Waals surface area contributed by atoms with Crippen LogP contribution in [-0.4, -0.2) is 46.2 Å². The summed E-state index contributed by atoms with van der Waals surface area (Å²) in [5, 5.41) is 0.112. The second-order valence-corrected chi connectivity index (χ2v) is 18.4. The van der Waals surface area contributed by atoms with Crippen molar-refractivity contribution in [1.82, 2.24) is 19.4 Å². The van der Waals surface area contributed by atoms with Crippen LogP contribution in [0, 0.1) is 6.92 Å². The summed E-state index contributed by atoms with van der Waals surface area (Å²) in [6.07, 6.45) is 7.26. The van der Waals surface area contributed by atoms with Gasteiger partial charge in [-0.1, -0.05) is 27.2 Å². The molecule has 4 heterocycles. The lowest BCUT2D eigenvalue weighted by Crippen LogP contribution is -2.44. The van der Waals surface area contributed by atoms with E-state index in [1.807, 2.05) is 29.5 Å². The number of aromatic amines is 1. The summed E-state index contributed by atoms with van der Waals surface area (Å²) in [7, 11) is -1.98. The Labute approximate surface area is 243 Å². The van der Waals surface area contributed by atoms with Crippen LogP contribution in [0.25, 0.3) is 16.6 Å². The molecule has 1 N–H and O–H groups in total. The van der Waals surface area contributed by atoms with Crippen LogP contribution in [0.2, 0.25) is 18.1 Å². The first kappa shape index (κ1) is 27.4. The van der Waals surface area contributed by atoms with Gasteiger partial charge < -0.3 is 9.41 Å². The minimum Gasteiger partial charge on any atom is -0.413 e. The van der Waals surface area contributed by atoms with Gasteiger partial charge in [0.1, 0.15) is 17.2 Å². The van der Waals surface area contributed by atoms with E-state index in [0.29, 0.717) is 29.0 Å². The molecule has 2 aliphatic rings. The predicted octanol–water partition coefficient (Wildman–Crippen LogP) is 6.50. The van der Waals surface area contributed by atoms with E-state index in [2.05, 4.69) is 59.8 Å². The van der Waals surface area contributed by atoms with E-state index in [9.17, 15) is 9.59 Å². The van der Waals surface area contributed by atoms with Gasteiger partial charge in [-0.05, 0) is 89.6 Å². The Hall–Kier alpha value is -2.82. The number of anilines is 1. The molecule has 1 amide bonds. The molecule has 4 aromatic rings. The quantitative estimate of drug-likeness (QED) is 0.262. The number of hydrogen-bond acceptors (Lipinski definition) is 5. The Kier molecular flexibility index (Phi) is 6.59. The summed E-state index contributed by atoms with van der Waals surface area (Å²) in [5.41, 5.74) is 4.21. The largest absolute Gasteiger partial charge is 0.413 e. The van der Waals surface area contributed by atoms with E-state index in [4.69, 9.17) is 9.41 Å². The Bertz CT molecular complexity index is 1720. The van der Waals surface area contributed by atoms with Crippen molar-refractivity contribution in [3.63, 3.8) is 0 Å². The van der Waals surface area contributed by atoms with Gasteiger partial charge in [0, 0.05) is 28.7 Å². The van der Waals surface area contributed by atoms with Crippen LogP contribution >= 0.6 is 15.9 Å². The van der Waals surface area contributed by atoms with E-state index in [1.165, 1.54) is 0 Å². The molecule has 1 aliphatic carbocycles. The zero-order valence-electron chi connectivity index (χ0n) is 24.0. The predicted molar refractivity (Wildman–Crippen MR) is 164 cm³/mol. The number of carbonyl (C=O) groups is 1. The summed E-state index contributed by atoms with van der Waals surface area (Å²) >= 11 is 3.47. The fourth-order valence-electron chi connectivity index (χ4n) is 5.94. The van der Waals surface area contributed by atoms with Gasteiger partial charge in [-0.15, -0.1) is 0 Å². The number of amides is 1. The third-order valence-corrected chi connectivity index (χ3v) is 14.1. The molecule has 0 radical (unpaired) electrons. The molecule has 40 heavy (non-hydrogen) atoms. The van der Waals surface area contributed by atoms with Crippen LogP contribution < -0.4 is 10.5 Å². The minimum atomic E-state index is -1.98. The Morgan fingerprint density at radius 3 is 2.65 bits per heavy atom. The molecule has 8 nitrogen and oxygen atoms in total. The lowest BCUT2D eigenvalue weighted by Gasteiger charge is -2.39. The zero-order chi connectivity index (χ0) is 28.6. The van der Waals surface area contributed by atoms with Crippen LogP contribution in [0.4, 0.5) is 5.82 Å². The minimum absolute atomic E-state index is 0.0746. The van der Waals surface area contributed by atoms with Gasteiger partial charge in [0.05, 0.1) is 23.3 Å². The number of nitrogens with one attached hydrogen (secondary N) is 1. The van der Waals surface area contributed by atoms with Crippen molar-refractivity contribution < 1.29 is 9.22 Å². The fourth-order valence-corrected chi connectivity index (χ4v) is 7.71. The molecule has 210 valence electrons. The third-order valence-electron chi connectivity index (χ3n) is 9.14. The molecule has 0 spiro atoms. The number of imidazole rings is 1. The van der Waals surface area contributed by atoms with Crippen molar-refractivity contribution in [2.45, 2.75) is 83.5 Å². The average Bonchev–Trinajstić information content (AvgIpc) is 3.61. The first-order valence-corrected chi connectivity index (χ1v) is 17.7. The fraction of sp³-hybridized carbons (Fsp3) is 0.467. The summed E-state index contributed by atoms with van der Waals surface area (Å²) in [6, 6.07) is 5.83. The highest BCUT2D eigenvalue weighted by Crippen LogP contribution is 2.44. The highest BCUT2D eigenvalue weighted by atomic mass is 79.9. The van der Waals surface area contributed by atoms with Crippen LogP contribution in [0.5, 0.6) is 0 Å². The number of aromatic nitrogens is 4. The molecule has 2 atom stereocenters. The lowest BCUT2D eigenvalue weighted by atomic mass is 10.0. The number of aryl methyl sites for hydroxylation is 1. The Morgan fingerprint density at radius 1 is 1.12 bits per heavy atom. The maximum atomic E-state index is 13.7. The Balaban J connectivity index is 1.42. The topological polar surface area (TPSA) is 92.6 Å². The molecule has 1 fully saturated rings. The van der Waals surface area contributed by atoms with Crippen LogP contribution in [0.1, 0.15) is 73.3 Å². The molecular weight excluding hydrogens is 586 g/mol. The van der Waals surface area contributed by atoms with Crippen LogP contribution in [-0.2, 0) is 10.8 Å². The number of carbonyl (C=O) groups excluding carboxylic acids is 1. The first-order valence-electron chi connectivity index (χ1n) is 14.0. The smallest absolute Gasteiger partial charge is 0.274 e. The summed E-state index contributed by atoms with van der Waals surface area (Å²) < 4.78 is 9.80. The van der Waals surface area contributed by atoms with Crippen molar-refractivity contribution in [2.24, 2.45) is 0 Å². The van der Waals surface area contributed by atoms with E-state index >= 15 is 0 Å². The van der Waals surface area contributed by atoms with Gasteiger partial charge in [0.25, 0.3) is 11.5 Å². The first-order chi connectivity index (χ1) is 18.9. The average molecular weight is 623 g/mol. The van der Waals surface area contributed by atoms with E-state index in [-0.39, 0.29) is 28.5 Å². The lowest BCUT2D eigenvalue weighted by molar-refractivity contribution is 0.0988. The van der Waals surface area contributed by atoms with Crippen LogP contribution in [0.15, 0.2) is 39.9 Å². The molecule has 1 aliphatic heterocycles. The van der Waals surface area contributed by atoms with Gasteiger partial charge in [-0.3, -0.25) is 18.9 Å². The number of pyridine rings is 1. The second-order valence-electron chi connectivity index (χ2n) is 12.8. The summed E-state index contributed by atoms with van der Waals surface area (Å²) in [6.45, 7) is 13.9. The highest BCUT2D eigenvalue weighted by Gasteiger charge is 2.43. The molecule has 1 aromatic carbocycles. The van der Waals surface area contributed by atoms with Gasteiger partial charge in [-0.25, -0.2) is 9.97 Å². The summed E-state index contributed by atoms with van der Waals surface area (Å²) in [4.78, 5) is 41.0. The number of H-pyrrole nitrogens is 1. The van der Waals surface area contributed by atoms with Crippen molar-refractivity contribution in [3.05, 3.63) is 67.9 Å². The zero-order valence-corrected chi connectivity index (χ0v) is 26.6. The maximum absolute atomic E-state index is 13.7. The van der Waals surface area contributed by atoms with Gasteiger partial charge in [0.15, 0.2) is 8.32 Å².